The molecule has 10 heavy (non-hydrogen) atoms. The van der Waals surface area contributed by atoms with Crippen LogP contribution >= 0.6 is 0 Å². The van der Waals surface area contributed by atoms with Gasteiger partial charge in [-0.2, -0.15) is 0 Å². The van der Waals surface area contributed by atoms with E-state index in [0.717, 1.165) is 5.56 Å². The molecule has 0 fully saturated rings. The Balaban J connectivity index is 2.89. The molecule has 0 aliphatic carbocycles. The highest BCUT2D eigenvalue weighted by Crippen LogP contribution is 1.93. The molecule has 1 aromatic carbocycles. The predicted molar refractivity (Wildman–Crippen MR) is 42.2 cm³/mol. The van der Waals surface area contributed by atoms with E-state index in [1.807, 2.05) is 30.3 Å². The first kappa shape index (κ1) is 6.46. The third kappa shape index (κ3) is 1.69. The monoisotopic (exact) mass is 126 g/mol. The zero-order valence-electron chi connectivity index (χ0n) is 5.46. The van der Waals surface area contributed by atoms with Crippen molar-refractivity contribution < 1.29 is 0 Å². The molecule has 0 aromatic heterocycles. The van der Waals surface area contributed by atoms with Crippen molar-refractivity contribution in [1.82, 2.24) is 0 Å². The number of hydrogen-bond donors (Lipinski definition) is 0. The van der Waals surface area contributed by atoms with E-state index in [-0.39, 0.29) is 0 Å². The molecule has 0 spiro atoms. The molecule has 0 unspecified atom stereocenters. The number of hydrogen-bond acceptors (Lipinski definition) is 0. The van der Waals surface area contributed by atoms with Crippen LogP contribution in [0.25, 0.3) is 0 Å². The van der Waals surface area contributed by atoms with Gasteiger partial charge in [-0.1, -0.05) is 24.1 Å². The average Bonchev–Trinajstić information content (AvgIpc) is 2.03. The van der Waals surface area contributed by atoms with Gasteiger partial charge in [0.1, 0.15) is 0 Å². The van der Waals surface area contributed by atoms with Crippen LogP contribution in [0.15, 0.2) is 30.3 Å². The van der Waals surface area contributed by atoms with Crippen molar-refractivity contribution in [2.45, 2.75) is 0 Å². The summed E-state index contributed by atoms with van der Waals surface area (Å²) >= 11 is 0. The number of rotatable bonds is 0. The lowest BCUT2D eigenvalue weighted by Gasteiger charge is -1.83. The van der Waals surface area contributed by atoms with Crippen LogP contribution in [0.4, 0.5) is 0 Å². The molecular formula is C10H6. The van der Waals surface area contributed by atoms with Gasteiger partial charge in [-0.05, 0) is 24.0 Å². The van der Waals surface area contributed by atoms with Gasteiger partial charge in [-0.25, -0.2) is 0 Å². The zero-order chi connectivity index (χ0) is 7.23. The first-order valence-corrected chi connectivity index (χ1v) is 2.95. The lowest BCUT2D eigenvalue weighted by molar-refractivity contribution is 1.65. The van der Waals surface area contributed by atoms with Gasteiger partial charge in [-0.15, -0.1) is 6.42 Å². The van der Waals surface area contributed by atoms with Gasteiger partial charge in [-0.3, -0.25) is 0 Å². The van der Waals surface area contributed by atoms with Crippen LogP contribution < -0.4 is 0 Å². The summed E-state index contributed by atoms with van der Waals surface area (Å²) in [6, 6.07) is 9.65. The van der Waals surface area contributed by atoms with E-state index in [9.17, 15) is 0 Å². The highest BCUT2D eigenvalue weighted by Gasteiger charge is 1.78. The minimum absolute atomic E-state index is 0.959. The average molecular weight is 126 g/mol. The third-order valence-electron chi connectivity index (χ3n) is 1.05. The van der Waals surface area contributed by atoms with Crippen molar-refractivity contribution in [1.29, 1.82) is 0 Å². The molecule has 0 radical (unpaired) electrons. The first-order valence-electron chi connectivity index (χ1n) is 2.95. The maximum absolute atomic E-state index is 4.95. The van der Waals surface area contributed by atoms with Crippen LogP contribution in [-0.4, -0.2) is 0 Å². The third-order valence-corrected chi connectivity index (χ3v) is 1.05. The second-order valence-electron chi connectivity index (χ2n) is 1.76. The first-order chi connectivity index (χ1) is 4.93. The molecule has 0 atom stereocenters. The molecule has 1 aromatic rings. The predicted octanol–water partition coefficient (Wildman–Crippen LogP) is 1.67. The zero-order valence-corrected chi connectivity index (χ0v) is 5.46. The minimum Gasteiger partial charge on any atom is -0.106 e. The van der Waals surface area contributed by atoms with E-state index in [1.54, 1.807) is 0 Å². The molecule has 0 aliphatic heterocycles. The summed E-state index contributed by atoms with van der Waals surface area (Å²) in [7, 11) is 0. The number of terminal acetylenes is 1. The summed E-state index contributed by atoms with van der Waals surface area (Å²) < 4.78 is 0. The van der Waals surface area contributed by atoms with Crippen molar-refractivity contribution in [3.05, 3.63) is 35.9 Å². The van der Waals surface area contributed by atoms with E-state index in [4.69, 9.17) is 6.42 Å². The van der Waals surface area contributed by atoms with Crippen molar-refractivity contribution in [2.75, 3.05) is 0 Å². The van der Waals surface area contributed by atoms with E-state index in [0.29, 0.717) is 0 Å². The maximum Gasteiger partial charge on any atom is 0.0255 e. The summed E-state index contributed by atoms with van der Waals surface area (Å²) in [5.41, 5.74) is 0.959. The van der Waals surface area contributed by atoms with Crippen LogP contribution in [0.5, 0.6) is 0 Å². The Bertz CT molecular complexity index is 290. The highest BCUT2D eigenvalue weighted by molar-refractivity contribution is 5.38. The topological polar surface area (TPSA) is 0 Å². The molecule has 46 valence electrons. The minimum atomic E-state index is 0.959. The SMILES string of the molecule is C#CC#Cc1ccccc1. The van der Waals surface area contributed by atoms with Crippen LogP contribution in [0.1, 0.15) is 5.56 Å². The molecule has 0 heteroatoms. The summed E-state index contributed by atoms with van der Waals surface area (Å²) in [6.07, 6.45) is 4.95. The molecular weight excluding hydrogens is 120 g/mol. The van der Waals surface area contributed by atoms with E-state index >= 15 is 0 Å². The van der Waals surface area contributed by atoms with Crippen LogP contribution in [0, 0.1) is 24.2 Å². The van der Waals surface area contributed by atoms with Gasteiger partial charge in [0, 0.05) is 5.56 Å². The molecule has 0 heterocycles. The van der Waals surface area contributed by atoms with Crippen LogP contribution in [-0.2, 0) is 0 Å². The molecule has 1 rings (SSSR count). The molecule has 0 aliphatic rings. The Kier molecular flexibility index (Phi) is 2.18. The van der Waals surface area contributed by atoms with E-state index in [1.165, 1.54) is 0 Å². The number of benzene rings is 1. The van der Waals surface area contributed by atoms with Crippen LogP contribution in [0.2, 0.25) is 0 Å². The summed E-state index contributed by atoms with van der Waals surface area (Å²) in [5.74, 6) is 7.61. The summed E-state index contributed by atoms with van der Waals surface area (Å²) in [4.78, 5) is 0. The molecule has 0 N–H and O–H groups in total. The Labute approximate surface area is 60.9 Å². The van der Waals surface area contributed by atoms with Crippen molar-refractivity contribution in [2.24, 2.45) is 0 Å². The van der Waals surface area contributed by atoms with Crippen molar-refractivity contribution >= 4 is 0 Å². The van der Waals surface area contributed by atoms with Gasteiger partial charge in [0.05, 0.1) is 0 Å². The fraction of sp³-hybridized carbons (Fsp3) is 0. The molecule has 0 saturated heterocycles. The summed E-state index contributed by atoms with van der Waals surface area (Å²) in [5, 5.41) is 0. The Morgan fingerprint density at radius 1 is 1.10 bits per heavy atom. The Hall–Kier alpha value is -1.66. The second-order valence-corrected chi connectivity index (χ2v) is 1.76. The van der Waals surface area contributed by atoms with Gasteiger partial charge >= 0.3 is 0 Å². The fourth-order valence-corrected chi connectivity index (χ4v) is 0.630. The van der Waals surface area contributed by atoms with Gasteiger partial charge in [0.25, 0.3) is 0 Å². The molecule has 0 amide bonds. The fourth-order valence-electron chi connectivity index (χ4n) is 0.630. The van der Waals surface area contributed by atoms with Gasteiger partial charge < -0.3 is 0 Å². The lowest BCUT2D eigenvalue weighted by atomic mass is 10.2. The molecule has 0 bridgehead atoms. The van der Waals surface area contributed by atoms with E-state index < -0.39 is 0 Å². The van der Waals surface area contributed by atoms with E-state index in [2.05, 4.69) is 17.8 Å². The lowest BCUT2D eigenvalue weighted by Crippen LogP contribution is -1.68. The van der Waals surface area contributed by atoms with Gasteiger partial charge in [0.15, 0.2) is 0 Å². The normalized spacial score (nSPS) is 7.10. The smallest absolute Gasteiger partial charge is 0.0255 e. The van der Waals surface area contributed by atoms with Crippen LogP contribution in [0.3, 0.4) is 0 Å². The Morgan fingerprint density at radius 2 is 1.80 bits per heavy atom. The molecule has 0 saturated carbocycles. The maximum atomic E-state index is 4.95. The quantitative estimate of drug-likeness (QED) is 0.464. The molecule has 0 nitrogen and oxygen atoms in total. The van der Waals surface area contributed by atoms with Gasteiger partial charge in [0.2, 0.25) is 0 Å². The Morgan fingerprint density at radius 3 is 2.40 bits per heavy atom. The standard InChI is InChI=1S/C10H6/c1-2-3-7-10-8-5-4-6-9-10/h1,4-6,8-9H. The van der Waals surface area contributed by atoms with Crippen molar-refractivity contribution in [3.63, 3.8) is 0 Å². The second kappa shape index (κ2) is 3.38. The highest BCUT2D eigenvalue weighted by atomic mass is 13.8. The largest absolute Gasteiger partial charge is 0.106 e. The van der Waals surface area contributed by atoms with Crippen molar-refractivity contribution in [3.8, 4) is 24.2 Å². The summed E-state index contributed by atoms with van der Waals surface area (Å²) in [6.45, 7) is 0.